The number of carbonyl (C=O) groups excluding carboxylic acids is 1. The summed E-state index contributed by atoms with van der Waals surface area (Å²) in [6.45, 7) is 12.3. The number of carboxylic acids is 1. The van der Waals surface area contributed by atoms with Crippen LogP contribution < -0.4 is 0 Å². The number of aliphatic carboxylic acids is 1. The summed E-state index contributed by atoms with van der Waals surface area (Å²) in [5.74, 6) is -1.52. The number of esters is 1. The van der Waals surface area contributed by atoms with Crippen molar-refractivity contribution in [2.45, 2.75) is 41.0 Å². The molecule has 0 aromatic carbocycles. The maximum atomic E-state index is 11.7. The van der Waals surface area contributed by atoms with E-state index in [9.17, 15) is 9.59 Å². The topological polar surface area (TPSA) is 63.6 Å². The molecule has 4 heteroatoms. The molecular formula is C13H22O4. The third-order valence-corrected chi connectivity index (χ3v) is 3.09. The molecule has 0 saturated heterocycles. The van der Waals surface area contributed by atoms with E-state index < -0.39 is 17.4 Å². The lowest BCUT2D eigenvalue weighted by Gasteiger charge is -2.25. The highest BCUT2D eigenvalue weighted by Crippen LogP contribution is 2.29. The molecular weight excluding hydrogens is 220 g/mol. The van der Waals surface area contributed by atoms with Crippen LogP contribution in [-0.2, 0) is 14.3 Å². The molecule has 0 bridgehead atoms. The van der Waals surface area contributed by atoms with E-state index in [-0.39, 0.29) is 12.0 Å². The average molecular weight is 242 g/mol. The first-order valence-corrected chi connectivity index (χ1v) is 5.64. The Bertz CT molecular complexity index is 326. The summed E-state index contributed by atoms with van der Waals surface area (Å²) in [7, 11) is 0. The molecule has 0 atom stereocenters. The van der Waals surface area contributed by atoms with Gasteiger partial charge in [0.1, 0.15) is 6.61 Å². The van der Waals surface area contributed by atoms with Gasteiger partial charge in [0.25, 0.3) is 0 Å². The van der Waals surface area contributed by atoms with E-state index in [4.69, 9.17) is 9.84 Å². The van der Waals surface area contributed by atoms with Gasteiger partial charge >= 0.3 is 11.9 Å². The third-order valence-electron chi connectivity index (χ3n) is 3.09. The minimum Gasteiger partial charge on any atom is -0.481 e. The van der Waals surface area contributed by atoms with Crippen LogP contribution in [0.2, 0.25) is 0 Å². The molecule has 0 radical (unpaired) electrons. The van der Waals surface area contributed by atoms with Crippen molar-refractivity contribution in [3.05, 3.63) is 12.2 Å². The number of carbonyl (C=O) groups is 2. The highest BCUT2D eigenvalue weighted by Gasteiger charge is 2.31. The van der Waals surface area contributed by atoms with Gasteiger partial charge in [0.2, 0.25) is 0 Å². The second-order valence-corrected chi connectivity index (χ2v) is 5.48. The Morgan fingerprint density at radius 2 is 1.65 bits per heavy atom. The van der Waals surface area contributed by atoms with Gasteiger partial charge in [-0.2, -0.15) is 0 Å². The second-order valence-electron chi connectivity index (χ2n) is 5.48. The summed E-state index contributed by atoms with van der Waals surface area (Å²) in [6, 6.07) is 0. The third kappa shape index (κ3) is 4.21. The highest BCUT2D eigenvalue weighted by molar-refractivity contribution is 5.89. The van der Waals surface area contributed by atoms with Gasteiger partial charge in [-0.1, -0.05) is 27.4 Å². The number of carboxylic acid groups (broad SMARTS) is 1. The van der Waals surface area contributed by atoms with Crippen LogP contribution in [0.5, 0.6) is 0 Å². The van der Waals surface area contributed by atoms with Gasteiger partial charge in [-0.05, 0) is 25.7 Å². The zero-order valence-electron chi connectivity index (χ0n) is 11.3. The van der Waals surface area contributed by atoms with Crippen LogP contribution in [0.4, 0.5) is 0 Å². The van der Waals surface area contributed by atoms with E-state index in [2.05, 4.69) is 6.58 Å². The zero-order valence-corrected chi connectivity index (χ0v) is 11.3. The van der Waals surface area contributed by atoms with Crippen molar-refractivity contribution in [2.24, 2.45) is 10.8 Å². The van der Waals surface area contributed by atoms with Crippen molar-refractivity contribution in [2.75, 3.05) is 6.61 Å². The number of hydrogen-bond donors (Lipinski definition) is 1. The maximum Gasteiger partial charge on any atom is 0.333 e. The molecule has 0 spiro atoms. The number of rotatable bonds is 6. The molecule has 98 valence electrons. The summed E-state index contributed by atoms with van der Waals surface area (Å²) in [6.07, 6.45) is 0.767. The molecule has 0 heterocycles. The lowest BCUT2D eigenvalue weighted by Crippen LogP contribution is -2.32. The first-order valence-electron chi connectivity index (χ1n) is 5.64. The van der Waals surface area contributed by atoms with Crippen molar-refractivity contribution < 1.29 is 19.4 Å². The van der Waals surface area contributed by atoms with Crippen LogP contribution in [0.1, 0.15) is 41.0 Å². The van der Waals surface area contributed by atoms with Crippen molar-refractivity contribution in [3.8, 4) is 0 Å². The standard InChI is InChI=1S/C13H22O4/c1-7-12(3,4)9(2)10(14)17-8-13(5,6)11(15)16/h2,7-8H2,1,3-6H3,(H,15,16). The molecule has 0 aromatic rings. The lowest BCUT2D eigenvalue weighted by molar-refractivity contribution is -0.155. The molecule has 0 amide bonds. The van der Waals surface area contributed by atoms with Crippen LogP contribution in [0.3, 0.4) is 0 Å². The van der Waals surface area contributed by atoms with Gasteiger partial charge in [-0.15, -0.1) is 0 Å². The molecule has 0 fully saturated rings. The molecule has 0 rings (SSSR count). The Morgan fingerprint density at radius 1 is 1.18 bits per heavy atom. The van der Waals surface area contributed by atoms with E-state index >= 15 is 0 Å². The minimum absolute atomic E-state index is 0.153. The normalized spacial score (nSPS) is 12.1. The number of hydrogen-bond acceptors (Lipinski definition) is 3. The summed E-state index contributed by atoms with van der Waals surface area (Å²) >= 11 is 0. The van der Waals surface area contributed by atoms with Gasteiger partial charge in [-0.25, -0.2) is 4.79 Å². The van der Waals surface area contributed by atoms with Gasteiger partial charge in [-0.3, -0.25) is 4.79 Å². The summed E-state index contributed by atoms with van der Waals surface area (Å²) in [4.78, 5) is 22.5. The summed E-state index contributed by atoms with van der Waals surface area (Å²) in [5, 5.41) is 8.89. The van der Waals surface area contributed by atoms with E-state index in [0.717, 1.165) is 6.42 Å². The average Bonchev–Trinajstić information content (AvgIpc) is 2.24. The fraction of sp³-hybridized carbons (Fsp3) is 0.692. The molecule has 0 aliphatic carbocycles. The predicted molar refractivity (Wildman–Crippen MR) is 65.6 cm³/mol. The van der Waals surface area contributed by atoms with Crippen LogP contribution in [0.25, 0.3) is 0 Å². The van der Waals surface area contributed by atoms with E-state index in [1.165, 1.54) is 13.8 Å². The predicted octanol–water partition coefficient (Wildman–Crippen LogP) is 2.63. The lowest BCUT2D eigenvalue weighted by atomic mass is 9.82. The summed E-state index contributed by atoms with van der Waals surface area (Å²) in [5.41, 5.74) is -1.03. The van der Waals surface area contributed by atoms with Crippen molar-refractivity contribution in [1.29, 1.82) is 0 Å². The Labute approximate surface area is 103 Å². The second kappa shape index (κ2) is 5.34. The van der Waals surface area contributed by atoms with Crippen LogP contribution >= 0.6 is 0 Å². The van der Waals surface area contributed by atoms with Gasteiger partial charge in [0.15, 0.2) is 0 Å². The Morgan fingerprint density at radius 3 is 2.00 bits per heavy atom. The Kier molecular flexibility index (Phi) is 4.93. The van der Waals surface area contributed by atoms with Crippen molar-refractivity contribution in [1.82, 2.24) is 0 Å². The fourth-order valence-corrected chi connectivity index (χ4v) is 0.885. The smallest absolute Gasteiger partial charge is 0.333 e. The van der Waals surface area contributed by atoms with Gasteiger partial charge < -0.3 is 9.84 Å². The monoisotopic (exact) mass is 242 g/mol. The number of ether oxygens (including phenoxy) is 1. The molecule has 1 N–H and O–H groups in total. The quantitative estimate of drug-likeness (QED) is 0.574. The van der Waals surface area contributed by atoms with Crippen LogP contribution in [0, 0.1) is 10.8 Å². The highest BCUT2D eigenvalue weighted by atomic mass is 16.5. The first-order chi connectivity index (χ1) is 7.54. The van der Waals surface area contributed by atoms with Crippen molar-refractivity contribution >= 4 is 11.9 Å². The van der Waals surface area contributed by atoms with E-state index in [0.29, 0.717) is 5.57 Å². The Balaban J connectivity index is 4.49. The molecule has 0 aliphatic heterocycles. The van der Waals surface area contributed by atoms with Gasteiger partial charge in [0, 0.05) is 5.57 Å². The molecule has 0 unspecified atom stereocenters. The maximum absolute atomic E-state index is 11.7. The summed E-state index contributed by atoms with van der Waals surface area (Å²) < 4.78 is 5.00. The SMILES string of the molecule is C=C(C(=O)OCC(C)(C)C(=O)O)C(C)(C)CC. The largest absolute Gasteiger partial charge is 0.481 e. The molecule has 0 aromatic heterocycles. The van der Waals surface area contributed by atoms with E-state index in [1.54, 1.807) is 0 Å². The molecule has 17 heavy (non-hydrogen) atoms. The van der Waals surface area contributed by atoms with Crippen LogP contribution in [-0.4, -0.2) is 23.7 Å². The zero-order chi connectivity index (χ0) is 13.9. The minimum atomic E-state index is -1.08. The molecule has 0 saturated carbocycles. The fourth-order valence-electron chi connectivity index (χ4n) is 0.885. The van der Waals surface area contributed by atoms with Crippen molar-refractivity contribution in [3.63, 3.8) is 0 Å². The Hall–Kier alpha value is -1.32. The van der Waals surface area contributed by atoms with Crippen LogP contribution in [0.15, 0.2) is 12.2 Å². The first kappa shape index (κ1) is 15.7. The van der Waals surface area contributed by atoms with Gasteiger partial charge in [0.05, 0.1) is 5.41 Å². The molecule has 4 nitrogen and oxygen atoms in total. The van der Waals surface area contributed by atoms with E-state index in [1.807, 2.05) is 20.8 Å². The molecule has 0 aliphatic rings.